The molecule has 0 unspecified atom stereocenters. The lowest BCUT2D eigenvalue weighted by molar-refractivity contribution is -0.161. The number of piperidine rings is 1. The number of hydrogen-bond acceptors (Lipinski definition) is 4. The van der Waals surface area contributed by atoms with Gasteiger partial charge < -0.3 is 20.4 Å². The third-order valence-corrected chi connectivity index (χ3v) is 7.57. The lowest BCUT2D eigenvalue weighted by atomic mass is 9.81. The summed E-state index contributed by atoms with van der Waals surface area (Å²) in [5, 5.41) is 6.40. The molecule has 0 bridgehead atoms. The van der Waals surface area contributed by atoms with E-state index >= 15 is 0 Å². The van der Waals surface area contributed by atoms with E-state index in [0.29, 0.717) is 25.8 Å². The molecule has 0 aliphatic carbocycles. The van der Waals surface area contributed by atoms with Crippen LogP contribution in [0, 0.1) is 0 Å². The molecule has 7 heteroatoms. The topological polar surface area (TPSA) is 64.7 Å². The zero-order chi connectivity index (χ0) is 24.4. The molecule has 0 saturated carbocycles. The highest BCUT2D eigenvalue weighted by Gasteiger charge is 2.52. The summed E-state index contributed by atoms with van der Waals surface area (Å²) >= 11 is 5.29. The molecule has 1 spiro atoms. The van der Waals surface area contributed by atoms with Crippen molar-refractivity contribution in [2.45, 2.75) is 83.2 Å². The van der Waals surface area contributed by atoms with Gasteiger partial charge in [-0.3, -0.25) is 9.59 Å². The van der Waals surface area contributed by atoms with Crippen molar-refractivity contribution < 1.29 is 9.59 Å². The molecule has 1 aromatic rings. The van der Waals surface area contributed by atoms with Crippen LogP contribution in [0.1, 0.15) is 70.8 Å². The summed E-state index contributed by atoms with van der Waals surface area (Å²) in [5.74, 6) is 0.157. The summed E-state index contributed by atoms with van der Waals surface area (Å²) in [4.78, 5) is 32.1. The Kier molecular flexibility index (Phi) is 10.3. The van der Waals surface area contributed by atoms with Crippen molar-refractivity contribution in [2.75, 3.05) is 32.7 Å². The van der Waals surface area contributed by atoms with Gasteiger partial charge in [0.15, 0.2) is 0 Å². The summed E-state index contributed by atoms with van der Waals surface area (Å²) in [6.45, 7) is 8.37. The number of carbonyl (C=O) groups excluding carboxylic acids is 2. The van der Waals surface area contributed by atoms with Crippen LogP contribution in [-0.4, -0.2) is 70.9 Å². The average Bonchev–Trinajstić information content (AvgIpc) is 2.85. The SMILES string of the molecule is CCCC(=S)NCCCC[C@@H]1NC(=O)C2(CCN(CCc3ccccc3)CC2)N(CCC)C1=O. The quantitative estimate of drug-likeness (QED) is 0.349. The molecule has 1 aromatic carbocycles. The van der Waals surface area contributed by atoms with E-state index in [1.165, 1.54) is 5.56 Å². The van der Waals surface area contributed by atoms with E-state index in [1.807, 2.05) is 11.0 Å². The highest BCUT2D eigenvalue weighted by molar-refractivity contribution is 7.80. The van der Waals surface area contributed by atoms with Crippen molar-refractivity contribution in [3.8, 4) is 0 Å². The number of carbonyl (C=O) groups is 2. The number of piperazine rings is 1. The smallest absolute Gasteiger partial charge is 0.246 e. The molecule has 2 saturated heterocycles. The Morgan fingerprint density at radius 2 is 1.82 bits per heavy atom. The Labute approximate surface area is 210 Å². The van der Waals surface area contributed by atoms with Crippen LogP contribution in [0.2, 0.25) is 0 Å². The maximum Gasteiger partial charge on any atom is 0.246 e. The number of nitrogens with one attached hydrogen (secondary N) is 2. The Morgan fingerprint density at radius 1 is 1.09 bits per heavy atom. The molecule has 2 aliphatic heterocycles. The van der Waals surface area contributed by atoms with Crippen molar-refractivity contribution in [3.05, 3.63) is 35.9 Å². The van der Waals surface area contributed by atoms with Crippen molar-refractivity contribution in [2.24, 2.45) is 0 Å². The second-order valence-corrected chi connectivity index (χ2v) is 10.2. The van der Waals surface area contributed by atoms with Gasteiger partial charge in [0.25, 0.3) is 0 Å². The van der Waals surface area contributed by atoms with E-state index < -0.39 is 11.6 Å². The highest BCUT2D eigenvalue weighted by atomic mass is 32.1. The second-order valence-electron chi connectivity index (χ2n) is 9.72. The molecule has 34 heavy (non-hydrogen) atoms. The fourth-order valence-corrected chi connectivity index (χ4v) is 5.52. The van der Waals surface area contributed by atoms with E-state index in [2.05, 4.69) is 53.6 Å². The van der Waals surface area contributed by atoms with Crippen LogP contribution in [0.25, 0.3) is 0 Å². The van der Waals surface area contributed by atoms with E-state index in [0.717, 1.165) is 69.7 Å². The first-order chi connectivity index (χ1) is 16.5. The molecular weight excluding hydrogens is 444 g/mol. The highest BCUT2D eigenvalue weighted by Crippen LogP contribution is 2.34. The van der Waals surface area contributed by atoms with Gasteiger partial charge in [0, 0.05) is 32.7 Å². The van der Waals surface area contributed by atoms with Gasteiger partial charge in [-0.15, -0.1) is 0 Å². The fraction of sp³-hybridized carbons (Fsp3) is 0.667. The van der Waals surface area contributed by atoms with Crippen molar-refractivity contribution in [3.63, 3.8) is 0 Å². The zero-order valence-electron chi connectivity index (χ0n) is 21.0. The Bertz CT molecular complexity index is 808. The van der Waals surface area contributed by atoms with Crippen LogP contribution < -0.4 is 10.6 Å². The minimum Gasteiger partial charge on any atom is -0.380 e. The molecule has 188 valence electrons. The normalized spacial score (nSPS) is 20.4. The first-order valence-corrected chi connectivity index (χ1v) is 13.6. The molecule has 2 aliphatic rings. The number of thiocarbonyl (C=S) groups is 1. The summed E-state index contributed by atoms with van der Waals surface area (Å²) < 4.78 is 0. The molecule has 6 nitrogen and oxygen atoms in total. The van der Waals surface area contributed by atoms with Gasteiger partial charge in [0.05, 0.1) is 4.99 Å². The maximum absolute atomic E-state index is 13.4. The van der Waals surface area contributed by atoms with Gasteiger partial charge in [-0.1, -0.05) is 56.4 Å². The van der Waals surface area contributed by atoms with Gasteiger partial charge in [0.1, 0.15) is 11.6 Å². The van der Waals surface area contributed by atoms with Crippen LogP contribution >= 0.6 is 12.2 Å². The molecule has 2 fully saturated rings. The van der Waals surface area contributed by atoms with Crippen LogP contribution in [0.5, 0.6) is 0 Å². The van der Waals surface area contributed by atoms with Gasteiger partial charge in [0.2, 0.25) is 11.8 Å². The predicted octanol–water partition coefficient (Wildman–Crippen LogP) is 3.69. The van der Waals surface area contributed by atoms with E-state index in [-0.39, 0.29) is 11.8 Å². The number of hydrogen-bond donors (Lipinski definition) is 2. The maximum atomic E-state index is 13.4. The van der Waals surface area contributed by atoms with Crippen LogP contribution in [0.3, 0.4) is 0 Å². The second kappa shape index (κ2) is 13.2. The molecular formula is C27H42N4O2S. The summed E-state index contributed by atoms with van der Waals surface area (Å²) in [7, 11) is 0. The lowest BCUT2D eigenvalue weighted by Crippen LogP contribution is -2.72. The molecule has 1 atom stereocenters. The number of amides is 2. The Morgan fingerprint density at radius 3 is 2.50 bits per heavy atom. The predicted molar refractivity (Wildman–Crippen MR) is 142 cm³/mol. The number of likely N-dealkylation sites (tertiary alicyclic amines) is 1. The molecule has 3 rings (SSSR count). The van der Waals surface area contributed by atoms with Gasteiger partial charge in [-0.25, -0.2) is 0 Å². The van der Waals surface area contributed by atoms with E-state index in [4.69, 9.17) is 12.2 Å². The van der Waals surface area contributed by atoms with Crippen LogP contribution in [-0.2, 0) is 16.0 Å². The van der Waals surface area contributed by atoms with Gasteiger partial charge in [-0.05, 0) is 63.4 Å². The van der Waals surface area contributed by atoms with E-state index in [1.54, 1.807) is 0 Å². The Balaban J connectivity index is 1.51. The largest absolute Gasteiger partial charge is 0.380 e. The number of nitrogens with zero attached hydrogens (tertiary/aromatic N) is 2. The molecule has 0 aromatic heterocycles. The first kappa shape index (κ1) is 26.6. The van der Waals surface area contributed by atoms with Gasteiger partial charge >= 0.3 is 0 Å². The lowest BCUT2D eigenvalue weighted by Gasteiger charge is -2.51. The number of rotatable bonds is 12. The van der Waals surface area contributed by atoms with E-state index in [9.17, 15) is 9.59 Å². The monoisotopic (exact) mass is 486 g/mol. The van der Waals surface area contributed by atoms with Crippen molar-refractivity contribution in [1.82, 2.24) is 20.4 Å². The first-order valence-electron chi connectivity index (χ1n) is 13.2. The standard InChI is InChI=1S/C27H42N4O2S/c1-3-10-24(34)28-17-9-8-13-23-25(32)31(18-4-2)27(26(33)29-23)15-20-30(21-16-27)19-14-22-11-6-5-7-12-22/h5-7,11-12,23H,3-4,8-10,13-21H2,1-2H3,(H,28,34)(H,29,33)/t23-/m0/s1. The Hall–Kier alpha value is -1.99. The molecule has 2 heterocycles. The van der Waals surface area contributed by atoms with Crippen LogP contribution in [0.4, 0.5) is 0 Å². The van der Waals surface area contributed by atoms with Crippen molar-refractivity contribution >= 4 is 29.0 Å². The van der Waals surface area contributed by atoms with Crippen molar-refractivity contribution in [1.29, 1.82) is 0 Å². The van der Waals surface area contributed by atoms with Crippen LogP contribution in [0.15, 0.2) is 30.3 Å². The summed E-state index contributed by atoms with van der Waals surface area (Å²) in [6.07, 6.45) is 7.79. The summed E-state index contributed by atoms with van der Waals surface area (Å²) in [5.41, 5.74) is 0.659. The molecule has 0 radical (unpaired) electrons. The number of benzene rings is 1. The molecule has 2 N–H and O–H groups in total. The minimum absolute atomic E-state index is 0.0514. The molecule has 2 amide bonds. The fourth-order valence-electron chi connectivity index (χ4n) is 5.21. The van der Waals surface area contributed by atoms with Gasteiger partial charge in [-0.2, -0.15) is 0 Å². The number of unbranched alkanes of at least 4 members (excludes halogenated alkanes) is 1. The third kappa shape index (κ3) is 6.79. The average molecular weight is 487 g/mol. The summed E-state index contributed by atoms with van der Waals surface area (Å²) in [6, 6.07) is 10.1. The third-order valence-electron chi connectivity index (χ3n) is 7.22. The minimum atomic E-state index is -0.680. The zero-order valence-corrected chi connectivity index (χ0v) is 21.8.